The average Bonchev–Trinajstić information content (AvgIpc) is 2.41. The number of hydrogen-bond donors (Lipinski definition) is 1. The van der Waals surface area contributed by atoms with Gasteiger partial charge in [-0.1, -0.05) is 64.8 Å². The van der Waals surface area contributed by atoms with Crippen LogP contribution in [0.5, 0.6) is 0 Å². The van der Waals surface area contributed by atoms with Gasteiger partial charge in [-0.15, -0.1) is 0 Å². The van der Waals surface area contributed by atoms with E-state index < -0.39 is 0 Å². The normalized spacial score (nSPS) is 12.4. The Morgan fingerprint density at radius 3 is 2.47 bits per heavy atom. The first-order valence-corrected chi connectivity index (χ1v) is 7.52. The van der Waals surface area contributed by atoms with Gasteiger partial charge in [-0.05, 0) is 36.6 Å². The lowest BCUT2D eigenvalue weighted by Crippen LogP contribution is -2.20. The highest BCUT2D eigenvalue weighted by atomic mass is 79.9. The molecule has 0 spiro atoms. The van der Waals surface area contributed by atoms with E-state index in [-0.39, 0.29) is 0 Å². The van der Waals surface area contributed by atoms with E-state index in [1.807, 2.05) is 0 Å². The van der Waals surface area contributed by atoms with Crippen molar-refractivity contribution in [3.63, 3.8) is 0 Å². The van der Waals surface area contributed by atoms with Crippen LogP contribution < -0.4 is 5.32 Å². The van der Waals surface area contributed by atoms with Gasteiger partial charge in [0.25, 0.3) is 0 Å². The number of benzene rings is 2. The minimum atomic E-state index is 0.411. The molecule has 0 radical (unpaired) electrons. The fourth-order valence-corrected chi connectivity index (χ4v) is 2.52. The zero-order valence-corrected chi connectivity index (χ0v) is 13.1. The van der Waals surface area contributed by atoms with E-state index in [4.69, 9.17) is 0 Å². The van der Waals surface area contributed by atoms with E-state index in [9.17, 15) is 0 Å². The molecule has 2 heteroatoms. The Kier molecular flexibility index (Phi) is 5.17. The molecule has 1 N–H and O–H groups in total. The van der Waals surface area contributed by atoms with Gasteiger partial charge >= 0.3 is 0 Å². The Balaban J connectivity index is 2.01. The van der Waals surface area contributed by atoms with Crippen molar-refractivity contribution in [3.05, 3.63) is 69.7 Å². The molecule has 19 heavy (non-hydrogen) atoms. The van der Waals surface area contributed by atoms with Crippen LogP contribution in [0.4, 0.5) is 0 Å². The molecule has 2 rings (SSSR count). The lowest BCUT2D eigenvalue weighted by Gasteiger charge is -2.18. The van der Waals surface area contributed by atoms with Crippen LogP contribution in [0.15, 0.2) is 53.0 Å². The number of nitrogens with one attached hydrogen (secondary N) is 1. The molecule has 2 aromatic rings. The lowest BCUT2D eigenvalue weighted by molar-refractivity contribution is 0.519. The second-order valence-electron chi connectivity index (χ2n) is 4.88. The molecule has 0 fully saturated rings. The van der Waals surface area contributed by atoms with Crippen LogP contribution in [0.2, 0.25) is 0 Å². The first kappa shape index (κ1) is 14.3. The summed E-state index contributed by atoms with van der Waals surface area (Å²) in [5.41, 5.74) is 4.00. The molecule has 0 saturated carbocycles. The molecule has 1 unspecified atom stereocenters. The van der Waals surface area contributed by atoms with Crippen molar-refractivity contribution in [1.82, 2.24) is 5.32 Å². The zero-order chi connectivity index (χ0) is 13.7. The van der Waals surface area contributed by atoms with Crippen molar-refractivity contribution in [2.75, 3.05) is 0 Å². The average molecular weight is 318 g/mol. The van der Waals surface area contributed by atoms with Gasteiger partial charge in [0.2, 0.25) is 0 Å². The molecule has 1 atom stereocenters. The maximum absolute atomic E-state index is 3.63. The molecule has 0 aliphatic carbocycles. The summed E-state index contributed by atoms with van der Waals surface area (Å²) >= 11 is 3.48. The second kappa shape index (κ2) is 6.88. The van der Waals surface area contributed by atoms with Crippen LogP contribution in [0.25, 0.3) is 0 Å². The Morgan fingerprint density at radius 2 is 1.84 bits per heavy atom. The van der Waals surface area contributed by atoms with E-state index in [1.165, 1.54) is 16.7 Å². The molecule has 0 aliphatic heterocycles. The van der Waals surface area contributed by atoms with Crippen molar-refractivity contribution < 1.29 is 0 Å². The predicted octanol–water partition coefficient (Wildman–Crippen LogP) is 5.00. The maximum Gasteiger partial charge on any atom is 0.0320 e. The summed E-state index contributed by atoms with van der Waals surface area (Å²) in [5, 5.41) is 3.63. The molecular formula is C17H20BrN. The van der Waals surface area contributed by atoms with E-state index in [2.05, 4.69) is 83.6 Å². The van der Waals surface area contributed by atoms with Crippen LogP contribution in [0, 0.1) is 6.92 Å². The summed E-state index contributed by atoms with van der Waals surface area (Å²) in [6.45, 7) is 5.27. The molecule has 0 aromatic heterocycles. The molecule has 0 bridgehead atoms. The van der Waals surface area contributed by atoms with Crippen molar-refractivity contribution in [2.45, 2.75) is 32.9 Å². The van der Waals surface area contributed by atoms with Gasteiger partial charge in [-0.25, -0.2) is 0 Å². The van der Waals surface area contributed by atoms with Crippen LogP contribution in [0.3, 0.4) is 0 Å². The summed E-state index contributed by atoms with van der Waals surface area (Å²) in [7, 11) is 0. The summed E-state index contributed by atoms with van der Waals surface area (Å²) in [6.07, 6.45) is 1.09. The van der Waals surface area contributed by atoms with E-state index in [1.54, 1.807) is 0 Å². The molecule has 0 aliphatic rings. The summed E-state index contributed by atoms with van der Waals surface area (Å²) in [4.78, 5) is 0. The molecule has 2 aromatic carbocycles. The zero-order valence-electron chi connectivity index (χ0n) is 11.5. The molecule has 0 heterocycles. The van der Waals surface area contributed by atoms with E-state index in [0.717, 1.165) is 17.4 Å². The molecule has 0 amide bonds. The van der Waals surface area contributed by atoms with Crippen LogP contribution in [0.1, 0.15) is 36.1 Å². The smallest absolute Gasteiger partial charge is 0.0320 e. The van der Waals surface area contributed by atoms with E-state index >= 15 is 0 Å². The third-order valence-corrected chi connectivity index (χ3v) is 3.84. The summed E-state index contributed by atoms with van der Waals surface area (Å²) in [6, 6.07) is 17.6. The third-order valence-electron chi connectivity index (χ3n) is 3.32. The maximum atomic E-state index is 3.63. The van der Waals surface area contributed by atoms with Gasteiger partial charge in [-0.3, -0.25) is 0 Å². The Labute approximate surface area is 124 Å². The summed E-state index contributed by atoms with van der Waals surface area (Å²) < 4.78 is 1.13. The molecule has 1 nitrogen and oxygen atoms in total. The molecule has 100 valence electrons. The second-order valence-corrected chi connectivity index (χ2v) is 5.80. The van der Waals surface area contributed by atoms with Gasteiger partial charge in [0.05, 0.1) is 0 Å². The Bertz CT molecular complexity index is 519. The predicted molar refractivity (Wildman–Crippen MR) is 85.2 cm³/mol. The summed E-state index contributed by atoms with van der Waals surface area (Å²) in [5.74, 6) is 0. The Hall–Kier alpha value is -1.12. The quantitative estimate of drug-likeness (QED) is 0.818. The SMILES string of the molecule is CCC(NCc1cccc(C)c1)c1ccc(Br)cc1. The molecule has 0 saturated heterocycles. The van der Waals surface area contributed by atoms with Crippen molar-refractivity contribution >= 4 is 15.9 Å². The standard InChI is InChI=1S/C17H20BrN/c1-3-17(15-7-9-16(18)10-8-15)19-12-14-6-4-5-13(2)11-14/h4-11,17,19H,3,12H2,1-2H3. The number of halogens is 1. The fourth-order valence-electron chi connectivity index (χ4n) is 2.26. The highest BCUT2D eigenvalue weighted by molar-refractivity contribution is 9.10. The first-order valence-electron chi connectivity index (χ1n) is 6.73. The third kappa shape index (κ3) is 4.19. The monoisotopic (exact) mass is 317 g/mol. The van der Waals surface area contributed by atoms with Crippen molar-refractivity contribution in [1.29, 1.82) is 0 Å². The van der Waals surface area contributed by atoms with Crippen LogP contribution in [-0.2, 0) is 6.54 Å². The van der Waals surface area contributed by atoms with Crippen molar-refractivity contribution in [3.8, 4) is 0 Å². The van der Waals surface area contributed by atoms with Crippen LogP contribution in [-0.4, -0.2) is 0 Å². The largest absolute Gasteiger partial charge is 0.306 e. The van der Waals surface area contributed by atoms with Crippen molar-refractivity contribution in [2.24, 2.45) is 0 Å². The topological polar surface area (TPSA) is 12.0 Å². The Morgan fingerprint density at radius 1 is 1.11 bits per heavy atom. The highest BCUT2D eigenvalue weighted by Gasteiger charge is 2.08. The van der Waals surface area contributed by atoms with Gasteiger partial charge in [0.1, 0.15) is 0 Å². The number of rotatable bonds is 5. The fraction of sp³-hybridized carbons (Fsp3) is 0.294. The number of aryl methyl sites for hydroxylation is 1. The highest BCUT2D eigenvalue weighted by Crippen LogP contribution is 2.20. The van der Waals surface area contributed by atoms with Gasteiger partial charge in [0, 0.05) is 17.1 Å². The molecular weight excluding hydrogens is 298 g/mol. The number of hydrogen-bond acceptors (Lipinski definition) is 1. The lowest BCUT2D eigenvalue weighted by atomic mass is 10.0. The van der Waals surface area contributed by atoms with Gasteiger partial charge in [0.15, 0.2) is 0 Å². The van der Waals surface area contributed by atoms with Gasteiger partial charge in [-0.2, -0.15) is 0 Å². The van der Waals surface area contributed by atoms with Crippen LogP contribution >= 0.6 is 15.9 Å². The minimum absolute atomic E-state index is 0.411. The van der Waals surface area contributed by atoms with E-state index in [0.29, 0.717) is 6.04 Å². The first-order chi connectivity index (χ1) is 9.19. The minimum Gasteiger partial charge on any atom is -0.306 e. The van der Waals surface area contributed by atoms with Gasteiger partial charge < -0.3 is 5.32 Å².